The number of fused-ring (bicyclic) bond motifs is 1. The molecule has 1 fully saturated rings. The van der Waals surface area contributed by atoms with Crippen molar-refractivity contribution in [3.63, 3.8) is 0 Å². The second-order valence-electron chi connectivity index (χ2n) is 5.34. The molecule has 104 valence electrons. The average molecular weight is 270 g/mol. The van der Waals surface area contributed by atoms with Crippen molar-refractivity contribution in [3.05, 3.63) is 47.7 Å². The molecule has 4 heteroatoms. The van der Waals surface area contributed by atoms with Crippen molar-refractivity contribution >= 4 is 11.7 Å². The van der Waals surface area contributed by atoms with Gasteiger partial charge in [-0.05, 0) is 25.3 Å². The number of carbonyl (C=O) groups excluding carboxylic acids is 2. The van der Waals surface area contributed by atoms with E-state index in [0.717, 1.165) is 24.9 Å². The number of nitrogens with one attached hydrogen (secondary N) is 1. The van der Waals surface area contributed by atoms with Gasteiger partial charge in [0.2, 0.25) is 0 Å². The van der Waals surface area contributed by atoms with Crippen LogP contribution in [0.3, 0.4) is 0 Å². The van der Waals surface area contributed by atoms with Crippen molar-refractivity contribution in [1.82, 2.24) is 10.2 Å². The fourth-order valence-corrected chi connectivity index (χ4v) is 3.10. The Kier molecular flexibility index (Phi) is 3.30. The number of nitrogens with zero attached hydrogens (tertiary/aromatic N) is 1. The van der Waals surface area contributed by atoms with Gasteiger partial charge in [-0.1, -0.05) is 36.4 Å². The van der Waals surface area contributed by atoms with Crippen molar-refractivity contribution in [3.8, 4) is 0 Å². The monoisotopic (exact) mass is 270 g/mol. The van der Waals surface area contributed by atoms with Gasteiger partial charge >= 0.3 is 0 Å². The molecule has 0 bridgehead atoms. The van der Waals surface area contributed by atoms with E-state index in [1.54, 1.807) is 6.92 Å². The predicted molar refractivity (Wildman–Crippen MR) is 75.8 cm³/mol. The summed E-state index contributed by atoms with van der Waals surface area (Å²) in [6.07, 6.45) is 3.83. The molecule has 0 spiro atoms. The highest BCUT2D eigenvalue weighted by Crippen LogP contribution is 2.31. The number of ketones is 1. The van der Waals surface area contributed by atoms with E-state index in [9.17, 15) is 9.59 Å². The van der Waals surface area contributed by atoms with Crippen LogP contribution in [0.1, 0.15) is 31.4 Å². The molecule has 1 N–H and O–H groups in total. The van der Waals surface area contributed by atoms with Crippen LogP contribution in [0.2, 0.25) is 0 Å². The van der Waals surface area contributed by atoms with E-state index in [2.05, 4.69) is 5.32 Å². The molecule has 3 rings (SSSR count). The van der Waals surface area contributed by atoms with Gasteiger partial charge in [0.1, 0.15) is 6.04 Å². The van der Waals surface area contributed by atoms with Crippen LogP contribution in [-0.4, -0.2) is 29.2 Å². The van der Waals surface area contributed by atoms with Crippen molar-refractivity contribution in [2.24, 2.45) is 0 Å². The van der Waals surface area contributed by atoms with Crippen molar-refractivity contribution < 1.29 is 9.59 Å². The summed E-state index contributed by atoms with van der Waals surface area (Å²) in [4.78, 5) is 26.3. The maximum Gasteiger partial charge on any atom is 0.267 e. The smallest absolute Gasteiger partial charge is 0.267 e. The molecule has 1 aromatic carbocycles. The molecule has 2 heterocycles. The third-order valence-electron chi connectivity index (χ3n) is 4.00. The number of hydrogen-bond acceptors (Lipinski definition) is 3. The van der Waals surface area contributed by atoms with Crippen LogP contribution >= 0.6 is 0 Å². The zero-order valence-corrected chi connectivity index (χ0v) is 11.5. The van der Waals surface area contributed by atoms with Gasteiger partial charge in [0.25, 0.3) is 5.91 Å². The fraction of sp³-hybridized carbons (Fsp3) is 0.375. The topological polar surface area (TPSA) is 49.4 Å². The first-order valence-corrected chi connectivity index (χ1v) is 7.01. The molecular formula is C16H18N2O2. The molecule has 20 heavy (non-hydrogen) atoms. The van der Waals surface area contributed by atoms with Gasteiger partial charge in [0.15, 0.2) is 5.78 Å². The summed E-state index contributed by atoms with van der Waals surface area (Å²) in [5, 5.41) is 2.99. The maximum absolute atomic E-state index is 12.2. The predicted octanol–water partition coefficient (Wildman–Crippen LogP) is 1.79. The van der Waals surface area contributed by atoms with Crippen LogP contribution in [0.25, 0.3) is 0 Å². The second-order valence-corrected chi connectivity index (χ2v) is 5.34. The summed E-state index contributed by atoms with van der Waals surface area (Å²) in [6.45, 7) is 2.37. The van der Waals surface area contributed by atoms with Crippen LogP contribution < -0.4 is 5.32 Å². The first kappa shape index (κ1) is 12.9. The van der Waals surface area contributed by atoms with Crippen molar-refractivity contribution in [2.75, 3.05) is 6.54 Å². The highest BCUT2D eigenvalue weighted by atomic mass is 16.2. The third-order valence-corrected chi connectivity index (χ3v) is 4.00. The number of carbonyl (C=O) groups is 2. The van der Waals surface area contributed by atoms with Gasteiger partial charge < -0.3 is 10.2 Å². The number of piperazine rings is 1. The quantitative estimate of drug-likeness (QED) is 0.891. The van der Waals surface area contributed by atoms with Gasteiger partial charge in [-0.25, -0.2) is 0 Å². The van der Waals surface area contributed by atoms with Crippen molar-refractivity contribution in [1.29, 1.82) is 0 Å². The Morgan fingerprint density at radius 2 is 2.05 bits per heavy atom. The minimum absolute atomic E-state index is 0.0731. The minimum Gasteiger partial charge on any atom is -0.355 e. The molecule has 0 aromatic heterocycles. The molecule has 2 unspecified atom stereocenters. The summed E-state index contributed by atoms with van der Waals surface area (Å²) in [5.41, 5.74) is 1.63. The second kappa shape index (κ2) is 5.12. The lowest BCUT2D eigenvalue weighted by molar-refractivity contribution is -0.129. The number of Topliss-reactive ketones (excluding diaryl/α,β-unsaturated/α-hetero) is 1. The molecule has 2 aliphatic rings. The Balaban J connectivity index is 2.02. The number of rotatable bonds is 2. The van der Waals surface area contributed by atoms with Crippen molar-refractivity contribution in [2.45, 2.75) is 31.8 Å². The molecule has 1 saturated heterocycles. The van der Waals surface area contributed by atoms with E-state index in [1.807, 2.05) is 41.3 Å². The third kappa shape index (κ3) is 2.11. The summed E-state index contributed by atoms with van der Waals surface area (Å²) >= 11 is 0. The van der Waals surface area contributed by atoms with Crippen LogP contribution in [-0.2, 0) is 9.59 Å². The van der Waals surface area contributed by atoms with E-state index < -0.39 is 0 Å². The number of benzene rings is 1. The number of hydrogen-bond donors (Lipinski definition) is 1. The lowest BCUT2D eigenvalue weighted by Crippen LogP contribution is -2.58. The molecule has 2 aliphatic heterocycles. The zero-order valence-electron chi connectivity index (χ0n) is 11.5. The zero-order chi connectivity index (χ0) is 14.1. The minimum atomic E-state index is -0.304. The molecule has 0 aliphatic carbocycles. The highest BCUT2D eigenvalue weighted by Gasteiger charge is 2.41. The largest absolute Gasteiger partial charge is 0.355 e. The molecule has 1 amide bonds. The summed E-state index contributed by atoms with van der Waals surface area (Å²) < 4.78 is 0. The van der Waals surface area contributed by atoms with Gasteiger partial charge in [-0.2, -0.15) is 0 Å². The first-order valence-electron chi connectivity index (χ1n) is 7.01. The summed E-state index contributed by atoms with van der Waals surface area (Å²) in [7, 11) is 0. The Morgan fingerprint density at radius 3 is 2.75 bits per heavy atom. The SMILES string of the molecule is CC(=O)C1C(c2ccccc2)NC(=O)C2=CCCCN21. The number of allylic oxidation sites excluding steroid dienone is 1. The standard InChI is InChI=1S/C16H18N2O2/c1-11(19)15-14(12-7-3-2-4-8-12)17-16(20)13-9-5-6-10-18(13)15/h2-4,7-9,14-15H,5-6,10H2,1H3,(H,17,20). The van der Waals surface area contributed by atoms with Crippen LogP contribution in [0.4, 0.5) is 0 Å². The molecular weight excluding hydrogens is 252 g/mol. The Bertz CT molecular complexity index is 565. The van der Waals surface area contributed by atoms with E-state index >= 15 is 0 Å². The first-order chi connectivity index (χ1) is 9.68. The van der Waals surface area contributed by atoms with Gasteiger partial charge in [0.05, 0.1) is 11.7 Å². The van der Waals surface area contributed by atoms with E-state index in [-0.39, 0.29) is 23.8 Å². The summed E-state index contributed by atoms with van der Waals surface area (Å²) in [6, 6.07) is 9.14. The Morgan fingerprint density at radius 1 is 1.30 bits per heavy atom. The molecule has 0 radical (unpaired) electrons. The van der Waals surface area contributed by atoms with Gasteiger partial charge in [-0.3, -0.25) is 9.59 Å². The van der Waals surface area contributed by atoms with E-state index in [4.69, 9.17) is 0 Å². The highest BCUT2D eigenvalue weighted by molar-refractivity contribution is 5.97. The van der Waals surface area contributed by atoms with Gasteiger partial charge in [0, 0.05) is 6.54 Å². The van der Waals surface area contributed by atoms with Crippen LogP contribution in [0.5, 0.6) is 0 Å². The maximum atomic E-state index is 12.2. The lowest BCUT2D eigenvalue weighted by Gasteiger charge is -2.44. The Hall–Kier alpha value is -2.10. The molecule has 1 aromatic rings. The lowest BCUT2D eigenvalue weighted by atomic mass is 9.90. The van der Waals surface area contributed by atoms with Crippen LogP contribution in [0.15, 0.2) is 42.1 Å². The normalized spacial score (nSPS) is 25.6. The Labute approximate surface area is 118 Å². The van der Waals surface area contributed by atoms with Gasteiger partial charge in [-0.15, -0.1) is 0 Å². The molecule has 0 saturated carbocycles. The molecule has 4 nitrogen and oxygen atoms in total. The average Bonchev–Trinajstić information content (AvgIpc) is 2.47. The molecule has 2 atom stereocenters. The van der Waals surface area contributed by atoms with Crippen LogP contribution in [0, 0.1) is 0 Å². The van der Waals surface area contributed by atoms with E-state index in [1.165, 1.54) is 0 Å². The fourth-order valence-electron chi connectivity index (χ4n) is 3.10. The summed E-state index contributed by atoms with van der Waals surface area (Å²) in [5.74, 6) is 0.0164. The number of amides is 1. The van der Waals surface area contributed by atoms with E-state index in [0.29, 0.717) is 5.70 Å².